The lowest BCUT2D eigenvalue weighted by atomic mass is 10.3. The minimum atomic E-state index is 0.173. The number of aryl methyl sites for hydroxylation is 1. The first kappa shape index (κ1) is 13.6. The average molecular weight is 278 g/mol. The first-order chi connectivity index (χ1) is 9.69. The van der Waals surface area contributed by atoms with Gasteiger partial charge in [-0.2, -0.15) is 0 Å². The predicted octanol–water partition coefficient (Wildman–Crippen LogP) is 0.379. The van der Waals surface area contributed by atoms with Crippen molar-refractivity contribution in [3.05, 3.63) is 17.5 Å². The number of amides is 1. The number of hydrogen-bond acceptors (Lipinski definition) is 5. The number of carbonyl (C=O) groups excluding carboxylic acids is 1. The predicted molar refractivity (Wildman–Crippen MR) is 74.1 cm³/mol. The smallest absolute Gasteiger partial charge is 0.234 e. The zero-order chi connectivity index (χ0) is 13.9. The number of nitrogens with zero attached hydrogens (tertiary/aromatic N) is 3. The number of nitrogens with one attached hydrogen (secondary N) is 1. The average Bonchev–Trinajstić information content (AvgIpc) is 3.13. The van der Waals surface area contributed by atoms with Gasteiger partial charge in [-0.15, -0.1) is 0 Å². The topological polar surface area (TPSA) is 61.6 Å². The van der Waals surface area contributed by atoms with Gasteiger partial charge in [0.05, 0.1) is 18.8 Å². The molecule has 1 aromatic heterocycles. The highest BCUT2D eigenvalue weighted by Crippen LogP contribution is 2.18. The second-order valence-electron chi connectivity index (χ2n) is 5.83. The summed E-state index contributed by atoms with van der Waals surface area (Å²) in [5.41, 5.74) is 0.926. The Kier molecular flexibility index (Phi) is 4.03. The van der Waals surface area contributed by atoms with Gasteiger partial charge in [0.1, 0.15) is 0 Å². The summed E-state index contributed by atoms with van der Waals surface area (Å²) in [6.45, 7) is 7.08. The molecule has 0 unspecified atom stereocenters. The van der Waals surface area contributed by atoms with Gasteiger partial charge in [-0.05, 0) is 19.8 Å². The van der Waals surface area contributed by atoms with Gasteiger partial charge in [-0.3, -0.25) is 14.6 Å². The maximum absolute atomic E-state index is 11.7. The molecule has 1 aliphatic heterocycles. The number of aromatic nitrogens is 1. The van der Waals surface area contributed by atoms with Gasteiger partial charge in [-0.1, -0.05) is 5.16 Å². The number of carbonyl (C=O) groups is 1. The molecule has 2 aliphatic rings. The molecule has 6 heteroatoms. The molecule has 6 nitrogen and oxygen atoms in total. The molecule has 0 radical (unpaired) electrons. The molecule has 1 aliphatic carbocycles. The summed E-state index contributed by atoms with van der Waals surface area (Å²) in [6, 6.07) is 2.44. The maximum Gasteiger partial charge on any atom is 0.234 e. The molecule has 0 aromatic carbocycles. The summed E-state index contributed by atoms with van der Waals surface area (Å²) in [6.07, 6.45) is 2.30. The maximum atomic E-state index is 11.7. The summed E-state index contributed by atoms with van der Waals surface area (Å²) >= 11 is 0. The van der Waals surface area contributed by atoms with Crippen LogP contribution in [-0.4, -0.2) is 59.6 Å². The number of piperazine rings is 1. The Balaban J connectivity index is 1.38. The quantitative estimate of drug-likeness (QED) is 0.843. The summed E-state index contributed by atoms with van der Waals surface area (Å²) in [5, 5.41) is 6.94. The van der Waals surface area contributed by atoms with Crippen molar-refractivity contribution >= 4 is 5.91 Å². The highest BCUT2D eigenvalue weighted by Gasteiger charge is 2.25. The summed E-state index contributed by atoms with van der Waals surface area (Å²) in [5.74, 6) is 1.09. The van der Waals surface area contributed by atoms with E-state index in [1.807, 2.05) is 13.0 Å². The Morgan fingerprint density at radius 1 is 1.35 bits per heavy atom. The molecule has 3 rings (SSSR count). The highest BCUT2D eigenvalue weighted by atomic mass is 16.5. The minimum absolute atomic E-state index is 0.173. The van der Waals surface area contributed by atoms with Crippen LogP contribution in [0.4, 0.5) is 0 Å². The van der Waals surface area contributed by atoms with Crippen LogP contribution in [0.15, 0.2) is 10.6 Å². The Morgan fingerprint density at radius 2 is 2.05 bits per heavy atom. The van der Waals surface area contributed by atoms with Crippen molar-refractivity contribution in [3.63, 3.8) is 0 Å². The van der Waals surface area contributed by atoms with Crippen molar-refractivity contribution in [2.24, 2.45) is 0 Å². The third-order valence-corrected chi connectivity index (χ3v) is 3.83. The molecule has 0 spiro atoms. The molecule has 110 valence electrons. The van der Waals surface area contributed by atoms with Crippen molar-refractivity contribution in [2.75, 3.05) is 32.7 Å². The fraction of sp³-hybridized carbons (Fsp3) is 0.714. The lowest BCUT2D eigenvalue weighted by molar-refractivity contribution is -0.122. The van der Waals surface area contributed by atoms with Crippen LogP contribution in [0, 0.1) is 6.92 Å². The standard InChI is InChI=1S/C14H22N4O2/c1-11-8-13(20-16-11)9-17-4-6-18(7-5-17)10-14(19)15-12-2-3-12/h8,12H,2-7,9-10H2,1H3,(H,15,19). The van der Waals surface area contributed by atoms with Gasteiger partial charge in [0, 0.05) is 38.3 Å². The largest absolute Gasteiger partial charge is 0.360 e. The van der Waals surface area contributed by atoms with Crippen LogP contribution in [0.2, 0.25) is 0 Å². The van der Waals surface area contributed by atoms with E-state index in [0.717, 1.165) is 57.0 Å². The zero-order valence-electron chi connectivity index (χ0n) is 12.0. The van der Waals surface area contributed by atoms with Crippen molar-refractivity contribution in [3.8, 4) is 0 Å². The molecule has 0 bridgehead atoms. The van der Waals surface area contributed by atoms with Gasteiger partial charge in [0.25, 0.3) is 0 Å². The van der Waals surface area contributed by atoms with E-state index < -0.39 is 0 Å². The summed E-state index contributed by atoms with van der Waals surface area (Å²) in [7, 11) is 0. The van der Waals surface area contributed by atoms with Gasteiger partial charge in [-0.25, -0.2) is 0 Å². The Hall–Kier alpha value is -1.40. The first-order valence-electron chi connectivity index (χ1n) is 7.35. The molecule has 2 heterocycles. The van der Waals surface area contributed by atoms with E-state index in [9.17, 15) is 4.79 Å². The van der Waals surface area contributed by atoms with E-state index in [2.05, 4.69) is 20.3 Å². The Bertz CT molecular complexity index is 461. The van der Waals surface area contributed by atoms with Crippen LogP contribution < -0.4 is 5.32 Å². The summed E-state index contributed by atoms with van der Waals surface area (Å²) < 4.78 is 5.24. The van der Waals surface area contributed by atoms with Gasteiger partial charge >= 0.3 is 0 Å². The van der Waals surface area contributed by atoms with Gasteiger partial charge < -0.3 is 9.84 Å². The van der Waals surface area contributed by atoms with Crippen LogP contribution in [0.5, 0.6) is 0 Å². The van der Waals surface area contributed by atoms with Crippen molar-refractivity contribution in [2.45, 2.75) is 32.4 Å². The van der Waals surface area contributed by atoms with Crippen molar-refractivity contribution < 1.29 is 9.32 Å². The number of rotatable bonds is 5. The van der Waals surface area contributed by atoms with Crippen molar-refractivity contribution in [1.29, 1.82) is 0 Å². The lowest BCUT2D eigenvalue weighted by Crippen LogP contribution is -2.49. The second kappa shape index (κ2) is 5.93. The fourth-order valence-corrected chi connectivity index (χ4v) is 2.52. The Morgan fingerprint density at radius 3 is 2.65 bits per heavy atom. The SMILES string of the molecule is Cc1cc(CN2CCN(CC(=O)NC3CC3)CC2)on1. The molecule has 1 saturated carbocycles. The van der Waals surface area contributed by atoms with Crippen LogP contribution in [0.25, 0.3) is 0 Å². The van der Waals surface area contributed by atoms with Crippen LogP contribution >= 0.6 is 0 Å². The molecule has 1 N–H and O–H groups in total. The van der Waals surface area contributed by atoms with E-state index in [4.69, 9.17) is 4.52 Å². The zero-order valence-corrected chi connectivity index (χ0v) is 12.0. The van der Waals surface area contributed by atoms with Crippen molar-refractivity contribution in [1.82, 2.24) is 20.3 Å². The normalized spacial score (nSPS) is 21.1. The van der Waals surface area contributed by atoms with Crippen LogP contribution in [-0.2, 0) is 11.3 Å². The van der Waals surface area contributed by atoms with Crippen LogP contribution in [0.1, 0.15) is 24.3 Å². The molecule has 1 amide bonds. The monoisotopic (exact) mass is 278 g/mol. The first-order valence-corrected chi connectivity index (χ1v) is 7.35. The van der Waals surface area contributed by atoms with E-state index in [0.29, 0.717) is 12.6 Å². The van der Waals surface area contributed by atoms with E-state index >= 15 is 0 Å². The molecular weight excluding hydrogens is 256 g/mol. The highest BCUT2D eigenvalue weighted by molar-refractivity contribution is 5.78. The molecule has 0 atom stereocenters. The minimum Gasteiger partial charge on any atom is -0.360 e. The molecular formula is C14H22N4O2. The van der Waals surface area contributed by atoms with Crippen LogP contribution in [0.3, 0.4) is 0 Å². The molecule has 20 heavy (non-hydrogen) atoms. The lowest BCUT2D eigenvalue weighted by Gasteiger charge is -2.33. The Labute approximate surface area is 119 Å². The fourth-order valence-electron chi connectivity index (χ4n) is 2.52. The van der Waals surface area contributed by atoms with E-state index in [-0.39, 0.29) is 5.91 Å². The third kappa shape index (κ3) is 3.80. The van der Waals surface area contributed by atoms with E-state index in [1.165, 1.54) is 0 Å². The summed E-state index contributed by atoms with van der Waals surface area (Å²) in [4.78, 5) is 16.3. The second-order valence-corrected chi connectivity index (χ2v) is 5.83. The van der Waals surface area contributed by atoms with E-state index in [1.54, 1.807) is 0 Å². The van der Waals surface area contributed by atoms with Gasteiger partial charge in [0.2, 0.25) is 5.91 Å². The molecule has 1 aromatic rings. The molecule has 2 fully saturated rings. The molecule has 1 saturated heterocycles. The third-order valence-electron chi connectivity index (χ3n) is 3.83. The number of hydrogen-bond donors (Lipinski definition) is 1. The van der Waals surface area contributed by atoms with Gasteiger partial charge in [0.15, 0.2) is 5.76 Å².